The Labute approximate surface area is 95.4 Å². The molecule has 0 radical (unpaired) electrons. The molecule has 0 spiro atoms. The minimum absolute atomic E-state index is 0.0909. The molecule has 0 aliphatic heterocycles. The van der Waals surface area contributed by atoms with Crippen molar-refractivity contribution in [3.63, 3.8) is 0 Å². The highest BCUT2D eigenvalue weighted by molar-refractivity contribution is 5.89. The van der Waals surface area contributed by atoms with E-state index in [0.717, 1.165) is 0 Å². The van der Waals surface area contributed by atoms with E-state index >= 15 is 0 Å². The normalized spacial score (nSPS) is 15.6. The molecule has 0 fully saturated rings. The first kappa shape index (κ1) is 14.5. The number of terminal acetylenes is 1. The summed E-state index contributed by atoms with van der Waals surface area (Å²) >= 11 is 0. The van der Waals surface area contributed by atoms with Crippen LogP contribution in [-0.2, 0) is 9.59 Å². The predicted octanol–water partition coefficient (Wildman–Crippen LogP) is 0.0966. The molecule has 0 heterocycles. The zero-order valence-electron chi connectivity index (χ0n) is 9.62. The van der Waals surface area contributed by atoms with E-state index in [0.29, 0.717) is 12.8 Å². The Balaban J connectivity index is 4.59. The third-order valence-electron chi connectivity index (χ3n) is 2.30. The van der Waals surface area contributed by atoms with Crippen molar-refractivity contribution in [1.82, 2.24) is 5.32 Å². The molecule has 90 valence electrons. The molecule has 1 amide bonds. The molecule has 0 aromatic heterocycles. The monoisotopic (exact) mass is 226 g/mol. The molecule has 4 N–H and O–H groups in total. The van der Waals surface area contributed by atoms with Gasteiger partial charge in [-0.25, -0.2) is 4.79 Å². The Hall–Kier alpha value is -1.54. The smallest absolute Gasteiger partial charge is 0.329 e. The second-order valence-electron chi connectivity index (χ2n) is 3.89. The number of carboxylic acids is 1. The van der Waals surface area contributed by atoms with Crippen LogP contribution in [-0.4, -0.2) is 28.6 Å². The molecule has 0 aliphatic rings. The van der Waals surface area contributed by atoms with Crippen LogP contribution < -0.4 is 11.1 Å². The average molecular weight is 226 g/mol. The zero-order valence-corrected chi connectivity index (χ0v) is 9.62. The molecule has 5 heteroatoms. The Morgan fingerprint density at radius 1 is 1.62 bits per heavy atom. The maximum atomic E-state index is 11.5. The lowest BCUT2D eigenvalue weighted by Gasteiger charge is -2.27. The van der Waals surface area contributed by atoms with Crippen LogP contribution in [0.25, 0.3) is 0 Å². The first-order valence-corrected chi connectivity index (χ1v) is 5.12. The van der Waals surface area contributed by atoms with Gasteiger partial charge in [0.25, 0.3) is 0 Å². The third kappa shape index (κ3) is 3.91. The Kier molecular flexibility index (Phi) is 5.54. The van der Waals surface area contributed by atoms with E-state index in [9.17, 15) is 9.59 Å². The van der Waals surface area contributed by atoms with Crippen molar-refractivity contribution in [1.29, 1.82) is 0 Å². The topological polar surface area (TPSA) is 92.4 Å². The molecule has 0 saturated carbocycles. The molecule has 0 saturated heterocycles. The lowest BCUT2D eigenvalue weighted by Crippen LogP contribution is -2.56. The number of nitrogens with one attached hydrogen (secondary N) is 1. The van der Waals surface area contributed by atoms with Gasteiger partial charge in [0.1, 0.15) is 5.54 Å². The summed E-state index contributed by atoms with van der Waals surface area (Å²) in [4.78, 5) is 22.6. The molecule has 2 atom stereocenters. The van der Waals surface area contributed by atoms with Gasteiger partial charge < -0.3 is 16.2 Å². The van der Waals surface area contributed by atoms with Gasteiger partial charge in [-0.2, -0.15) is 0 Å². The van der Waals surface area contributed by atoms with E-state index in [4.69, 9.17) is 17.3 Å². The minimum Gasteiger partial charge on any atom is -0.480 e. The van der Waals surface area contributed by atoms with Crippen LogP contribution in [0, 0.1) is 12.3 Å². The average Bonchev–Trinajstić information content (AvgIpc) is 2.18. The van der Waals surface area contributed by atoms with Crippen molar-refractivity contribution < 1.29 is 14.7 Å². The SMILES string of the molecule is C#CCC(N)C(=O)NC(C)(CCC)C(=O)O. The summed E-state index contributed by atoms with van der Waals surface area (Å²) in [5.74, 6) is 0.657. The molecule has 0 aliphatic carbocycles. The highest BCUT2D eigenvalue weighted by Gasteiger charge is 2.34. The number of carbonyl (C=O) groups excluding carboxylic acids is 1. The number of hydrogen-bond donors (Lipinski definition) is 3. The molecule has 0 aromatic carbocycles. The van der Waals surface area contributed by atoms with Gasteiger partial charge in [0.15, 0.2) is 0 Å². The van der Waals surface area contributed by atoms with Crippen molar-refractivity contribution in [2.24, 2.45) is 5.73 Å². The maximum Gasteiger partial charge on any atom is 0.329 e. The molecule has 0 rings (SSSR count). The molecule has 0 aromatic rings. The first-order chi connectivity index (χ1) is 7.37. The second kappa shape index (κ2) is 6.13. The van der Waals surface area contributed by atoms with Crippen LogP contribution in [0.15, 0.2) is 0 Å². The minimum atomic E-state index is -1.28. The van der Waals surface area contributed by atoms with E-state index < -0.39 is 23.5 Å². The van der Waals surface area contributed by atoms with Gasteiger partial charge in [-0.3, -0.25) is 4.79 Å². The van der Waals surface area contributed by atoms with Crippen LogP contribution in [0.4, 0.5) is 0 Å². The summed E-state index contributed by atoms with van der Waals surface area (Å²) in [6, 6.07) is -0.861. The third-order valence-corrected chi connectivity index (χ3v) is 2.30. The van der Waals surface area contributed by atoms with Gasteiger partial charge in [-0.05, 0) is 13.3 Å². The van der Waals surface area contributed by atoms with Crippen LogP contribution >= 0.6 is 0 Å². The van der Waals surface area contributed by atoms with Crippen molar-refractivity contribution in [2.45, 2.75) is 44.7 Å². The number of carboxylic acid groups (broad SMARTS) is 1. The highest BCUT2D eigenvalue weighted by Crippen LogP contribution is 2.12. The van der Waals surface area contributed by atoms with Gasteiger partial charge in [0.05, 0.1) is 6.04 Å². The second-order valence-corrected chi connectivity index (χ2v) is 3.89. The lowest BCUT2D eigenvalue weighted by molar-refractivity contribution is -0.147. The molecule has 2 unspecified atom stereocenters. The van der Waals surface area contributed by atoms with Crippen molar-refractivity contribution in [3.05, 3.63) is 0 Å². The number of rotatable bonds is 6. The summed E-state index contributed by atoms with van der Waals surface area (Å²) in [7, 11) is 0. The number of amides is 1. The fourth-order valence-electron chi connectivity index (χ4n) is 1.31. The summed E-state index contributed by atoms with van der Waals surface area (Å²) in [6.07, 6.45) is 6.10. The molecule has 16 heavy (non-hydrogen) atoms. The van der Waals surface area contributed by atoms with E-state index in [-0.39, 0.29) is 6.42 Å². The van der Waals surface area contributed by atoms with Crippen LogP contribution in [0.1, 0.15) is 33.1 Å². The molecular weight excluding hydrogens is 208 g/mol. The van der Waals surface area contributed by atoms with Crippen molar-refractivity contribution >= 4 is 11.9 Å². The van der Waals surface area contributed by atoms with E-state index in [2.05, 4.69) is 11.2 Å². The number of carbonyl (C=O) groups is 2. The van der Waals surface area contributed by atoms with Crippen LogP contribution in [0.3, 0.4) is 0 Å². The van der Waals surface area contributed by atoms with Gasteiger partial charge in [0, 0.05) is 6.42 Å². The molecule has 5 nitrogen and oxygen atoms in total. The van der Waals surface area contributed by atoms with Crippen LogP contribution in [0.5, 0.6) is 0 Å². The lowest BCUT2D eigenvalue weighted by atomic mass is 9.95. The standard InChI is InChI=1S/C11H18N2O3/c1-4-6-8(12)9(14)13-11(3,7-5-2)10(15)16/h1,8H,5-7,12H2,2-3H3,(H,13,14)(H,15,16). The van der Waals surface area contributed by atoms with E-state index in [1.54, 1.807) is 0 Å². The van der Waals surface area contributed by atoms with Crippen molar-refractivity contribution in [3.8, 4) is 12.3 Å². The van der Waals surface area contributed by atoms with Gasteiger partial charge >= 0.3 is 5.97 Å². The molecule has 0 bridgehead atoms. The number of aliphatic carboxylic acids is 1. The fraction of sp³-hybridized carbons (Fsp3) is 0.636. The Morgan fingerprint density at radius 2 is 2.19 bits per heavy atom. The quantitative estimate of drug-likeness (QED) is 0.560. The summed E-state index contributed by atoms with van der Waals surface area (Å²) in [6.45, 7) is 3.30. The van der Waals surface area contributed by atoms with Gasteiger partial charge in [0.2, 0.25) is 5.91 Å². The predicted molar refractivity (Wildman–Crippen MR) is 60.5 cm³/mol. The largest absolute Gasteiger partial charge is 0.480 e. The Morgan fingerprint density at radius 3 is 2.56 bits per heavy atom. The fourth-order valence-corrected chi connectivity index (χ4v) is 1.31. The van der Waals surface area contributed by atoms with E-state index in [1.807, 2.05) is 6.92 Å². The van der Waals surface area contributed by atoms with Crippen molar-refractivity contribution in [2.75, 3.05) is 0 Å². The van der Waals surface area contributed by atoms with E-state index in [1.165, 1.54) is 6.92 Å². The van der Waals surface area contributed by atoms with Gasteiger partial charge in [-0.1, -0.05) is 13.3 Å². The van der Waals surface area contributed by atoms with Crippen LogP contribution in [0.2, 0.25) is 0 Å². The summed E-state index contributed by atoms with van der Waals surface area (Å²) in [5, 5.41) is 11.4. The molecular formula is C11H18N2O3. The summed E-state index contributed by atoms with van der Waals surface area (Å²) in [5.41, 5.74) is 4.20. The Bertz CT molecular complexity index is 309. The summed E-state index contributed by atoms with van der Waals surface area (Å²) < 4.78 is 0. The highest BCUT2D eigenvalue weighted by atomic mass is 16.4. The maximum absolute atomic E-state index is 11.5. The number of hydrogen-bond acceptors (Lipinski definition) is 3. The number of nitrogens with two attached hydrogens (primary N) is 1. The zero-order chi connectivity index (χ0) is 12.8. The first-order valence-electron chi connectivity index (χ1n) is 5.12. The van der Waals surface area contributed by atoms with Gasteiger partial charge in [-0.15, -0.1) is 12.3 Å².